The van der Waals surface area contributed by atoms with Gasteiger partial charge in [0.05, 0.1) is 10.5 Å². The summed E-state index contributed by atoms with van der Waals surface area (Å²) < 4.78 is 1.43. The number of hydrogen-bond acceptors (Lipinski definition) is 7. The van der Waals surface area contributed by atoms with Gasteiger partial charge in [0.15, 0.2) is 20.2 Å². The number of ketones is 2. The van der Waals surface area contributed by atoms with Crippen LogP contribution in [0.5, 0.6) is 0 Å². The third-order valence-electron chi connectivity index (χ3n) is 5.39. The highest BCUT2D eigenvalue weighted by Crippen LogP contribution is 2.35. The summed E-state index contributed by atoms with van der Waals surface area (Å²) in [5, 5.41) is 9.72. The van der Waals surface area contributed by atoms with Crippen LogP contribution in [0.25, 0.3) is 21.8 Å². The van der Waals surface area contributed by atoms with Gasteiger partial charge in [0.25, 0.3) is 0 Å². The lowest BCUT2D eigenvalue weighted by atomic mass is 10.1. The Bertz CT molecular complexity index is 1360. The fourth-order valence-corrected chi connectivity index (χ4v) is 7.13. The average Bonchev–Trinajstić information content (AvgIpc) is 3.56. The van der Waals surface area contributed by atoms with Crippen molar-refractivity contribution in [3.05, 3.63) is 72.1 Å². The first-order valence-electron chi connectivity index (χ1n) is 10.4. The van der Waals surface area contributed by atoms with E-state index in [0.717, 1.165) is 21.8 Å². The molecule has 0 aliphatic heterocycles. The van der Waals surface area contributed by atoms with Crippen LogP contribution in [0.2, 0.25) is 0 Å². The molecule has 0 radical (unpaired) electrons. The van der Waals surface area contributed by atoms with Crippen LogP contribution in [-0.2, 0) is 0 Å². The van der Waals surface area contributed by atoms with Crippen LogP contribution in [0, 0.1) is 0 Å². The molecule has 0 amide bonds. The minimum Gasteiger partial charge on any atom is -0.360 e. The highest BCUT2D eigenvalue weighted by Gasteiger charge is 2.24. The molecule has 9 heteroatoms. The predicted molar refractivity (Wildman–Crippen MR) is 136 cm³/mol. The highest BCUT2D eigenvalue weighted by atomic mass is 32.2. The average molecular weight is 493 g/mol. The lowest BCUT2D eigenvalue weighted by molar-refractivity contribution is 0.0987. The lowest BCUT2D eigenvalue weighted by Gasteiger charge is -2.07. The molecule has 0 fully saturated rings. The second-order valence-corrected chi connectivity index (χ2v) is 11.7. The Morgan fingerprint density at radius 1 is 0.758 bits per heavy atom. The van der Waals surface area contributed by atoms with Gasteiger partial charge in [-0.3, -0.25) is 9.59 Å². The number of nitrogens with zero attached hydrogens (tertiary/aromatic N) is 2. The van der Waals surface area contributed by atoms with Gasteiger partial charge in [-0.25, -0.2) is 0 Å². The van der Waals surface area contributed by atoms with Crippen molar-refractivity contribution in [3.63, 3.8) is 0 Å². The Morgan fingerprint density at radius 2 is 1.18 bits per heavy atom. The van der Waals surface area contributed by atoms with Gasteiger partial charge in [0, 0.05) is 45.3 Å². The van der Waals surface area contributed by atoms with Gasteiger partial charge in [0.2, 0.25) is 0 Å². The summed E-state index contributed by atoms with van der Waals surface area (Å²) in [6, 6.07) is 15.5. The van der Waals surface area contributed by atoms with Crippen molar-refractivity contribution in [2.24, 2.45) is 0 Å². The molecule has 0 spiro atoms. The van der Waals surface area contributed by atoms with Crippen LogP contribution in [-0.4, -0.2) is 42.2 Å². The number of carbonyl (C=O) groups excluding carboxylic acids is 2. The summed E-state index contributed by atoms with van der Waals surface area (Å²) in [6.45, 7) is 3.76. The fourth-order valence-electron chi connectivity index (χ4n) is 3.69. The van der Waals surface area contributed by atoms with E-state index in [0.29, 0.717) is 19.8 Å². The minimum absolute atomic E-state index is 0.0461. The van der Waals surface area contributed by atoms with Crippen molar-refractivity contribution in [2.45, 2.75) is 33.0 Å². The molecule has 0 saturated carbocycles. The predicted octanol–water partition coefficient (Wildman–Crippen LogP) is 6.23. The number of carbonyl (C=O) groups is 2. The number of hydrogen-bond donors (Lipinski definition) is 2. The van der Waals surface area contributed by atoms with E-state index in [2.05, 4.69) is 20.2 Å². The fraction of sp³-hybridized carbons (Fsp3) is 0.167. The highest BCUT2D eigenvalue weighted by molar-refractivity contribution is 8.04. The maximum absolute atomic E-state index is 13.0. The van der Waals surface area contributed by atoms with Crippen molar-refractivity contribution in [2.75, 3.05) is 0 Å². The Morgan fingerprint density at radius 3 is 1.64 bits per heavy atom. The van der Waals surface area contributed by atoms with Gasteiger partial charge in [-0.15, -0.1) is 10.2 Å². The summed E-state index contributed by atoms with van der Waals surface area (Å²) in [6.07, 6.45) is 3.53. The van der Waals surface area contributed by atoms with Gasteiger partial charge in [0.1, 0.15) is 0 Å². The monoisotopic (exact) mass is 492 g/mol. The Hall–Kier alpha value is -2.88. The topological polar surface area (TPSA) is 91.5 Å². The molecule has 3 aromatic heterocycles. The van der Waals surface area contributed by atoms with Crippen molar-refractivity contribution in [1.29, 1.82) is 0 Å². The first-order valence-corrected chi connectivity index (χ1v) is 13.0. The zero-order valence-corrected chi connectivity index (χ0v) is 20.3. The molecule has 0 bridgehead atoms. The zero-order valence-electron chi connectivity index (χ0n) is 17.9. The lowest BCUT2D eigenvalue weighted by Crippen LogP contribution is -2.12. The van der Waals surface area contributed by atoms with Gasteiger partial charge in [-0.05, 0) is 26.0 Å². The minimum atomic E-state index is -0.305. The summed E-state index contributed by atoms with van der Waals surface area (Å²) in [7, 11) is 0. The van der Waals surface area contributed by atoms with Gasteiger partial charge in [-0.1, -0.05) is 71.3 Å². The first-order chi connectivity index (χ1) is 16.0. The summed E-state index contributed by atoms with van der Waals surface area (Å²) in [5.74, 6) is 0.0921. The van der Waals surface area contributed by atoms with Crippen molar-refractivity contribution >= 4 is 68.2 Å². The van der Waals surface area contributed by atoms with Crippen molar-refractivity contribution in [3.8, 4) is 0 Å². The van der Waals surface area contributed by atoms with E-state index < -0.39 is 0 Å². The van der Waals surface area contributed by atoms with Gasteiger partial charge >= 0.3 is 0 Å². The maximum Gasteiger partial charge on any atom is 0.178 e. The number of H-pyrrole nitrogens is 2. The van der Waals surface area contributed by atoms with Crippen molar-refractivity contribution in [1.82, 2.24) is 20.2 Å². The van der Waals surface area contributed by atoms with E-state index in [1.54, 1.807) is 12.4 Å². The zero-order chi connectivity index (χ0) is 22.9. The molecule has 2 aromatic carbocycles. The molecular formula is C24H20N4O2S3. The van der Waals surface area contributed by atoms with Gasteiger partial charge in [-0.2, -0.15) is 0 Å². The number of aromatic nitrogens is 4. The molecule has 2 N–H and O–H groups in total. The number of Topliss-reactive ketones (excluding diaryl/α,β-unsaturated/α-hetero) is 2. The SMILES string of the molecule is CC(Sc1nnc(SC(C)C(=O)c2c[nH]c3ccccc23)s1)C(=O)c1c[nH]c2ccccc12. The molecule has 0 aliphatic rings. The van der Waals surface area contributed by atoms with E-state index in [9.17, 15) is 9.59 Å². The number of rotatable bonds is 8. The summed E-state index contributed by atoms with van der Waals surface area (Å²) >= 11 is 4.19. The standard InChI is InChI=1S/C24H20N4O2S3/c1-13(21(29)17-11-25-19-9-5-3-7-15(17)19)31-23-27-28-24(33-23)32-14(2)22(30)18-12-26-20-10-6-4-8-16(18)20/h3-14,25-26H,1-2H3. The molecule has 2 atom stereocenters. The normalized spacial score (nSPS) is 13.4. The smallest absolute Gasteiger partial charge is 0.178 e. The Labute approximate surface area is 202 Å². The molecule has 5 aromatic rings. The van der Waals surface area contributed by atoms with E-state index >= 15 is 0 Å². The molecule has 0 saturated heterocycles. The van der Waals surface area contributed by atoms with E-state index in [4.69, 9.17) is 0 Å². The van der Waals surface area contributed by atoms with Crippen LogP contribution in [0.4, 0.5) is 0 Å². The summed E-state index contributed by atoms with van der Waals surface area (Å²) in [4.78, 5) is 32.3. The Balaban J connectivity index is 1.25. The number of benzene rings is 2. The molecule has 33 heavy (non-hydrogen) atoms. The number of fused-ring (bicyclic) bond motifs is 2. The van der Waals surface area contributed by atoms with Crippen LogP contribution < -0.4 is 0 Å². The third kappa shape index (κ3) is 4.36. The third-order valence-corrected chi connectivity index (χ3v) is 8.68. The number of aromatic amines is 2. The number of nitrogens with one attached hydrogen (secondary N) is 2. The quantitative estimate of drug-likeness (QED) is 0.197. The van der Waals surface area contributed by atoms with Gasteiger partial charge < -0.3 is 9.97 Å². The largest absolute Gasteiger partial charge is 0.360 e. The molecule has 0 aliphatic carbocycles. The molecule has 5 rings (SSSR count). The molecular weight excluding hydrogens is 472 g/mol. The Kier molecular flexibility index (Phi) is 6.09. The molecule has 6 nitrogen and oxygen atoms in total. The second-order valence-electron chi connectivity index (χ2n) is 7.58. The van der Waals surface area contributed by atoms with Crippen LogP contribution in [0.1, 0.15) is 34.6 Å². The van der Waals surface area contributed by atoms with Crippen molar-refractivity contribution < 1.29 is 9.59 Å². The molecule has 2 unspecified atom stereocenters. The van der Waals surface area contributed by atoms with Crippen LogP contribution >= 0.6 is 34.9 Å². The van der Waals surface area contributed by atoms with E-state index in [1.807, 2.05) is 62.4 Å². The first kappa shape index (κ1) is 21.9. The summed E-state index contributed by atoms with van der Waals surface area (Å²) in [5.41, 5.74) is 3.26. The van der Waals surface area contributed by atoms with Crippen LogP contribution in [0.15, 0.2) is 69.6 Å². The molecule has 3 heterocycles. The van der Waals surface area contributed by atoms with Crippen LogP contribution in [0.3, 0.4) is 0 Å². The second kappa shape index (κ2) is 9.17. The maximum atomic E-state index is 13.0. The molecule has 166 valence electrons. The van der Waals surface area contributed by atoms with E-state index in [1.165, 1.54) is 34.9 Å². The van der Waals surface area contributed by atoms with E-state index in [-0.39, 0.29) is 22.1 Å². The number of thioether (sulfide) groups is 2. The number of para-hydroxylation sites is 2.